The van der Waals surface area contributed by atoms with E-state index in [0.29, 0.717) is 17.7 Å². The fourth-order valence-electron chi connectivity index (χ4n) is 1.85. The Morgan fingerprint density at radius 1 is 1.25 bits per heavy atom. The van der Waals surface area contributed by atoms with Gasteiger partial charge in [-0.3, -0.25) is 4.79 Å². The highest BCUT2D eigenvalue weighted by Crippen LogP contribution is 2.21. The van der Waals surface area contributed by atoms with Crippen LogP contribution in [0.15, 0.2) is 24.3 Å². The fourth-order valence-corrected chi connectivity index (χ4v) is 1.85. The van der Waals surface area contributed by atoms with E-state index in [2.05, 4.69) is 0 Å². The average molecular weight is 215 g/mol. The van der Waals surface area contributed by atoms with Gasteiger partial charge in [-0.05, 0) is 43.5 Å². The molecule has 0 radical (unpaired) electrons. The number of nitriles is 1. The van der Waals surface area contributed by atoms with Crippen molar-refractivity contribution in [2.24, 2.45) is 0 Å². The van der Waals surface area contributed by atoms with Crippen LogP contribution in [0.3, 0.4) is 0 Å². The molecule has 0 aromatic heterocycles. The van der Waals surface area contributed by atoms with Crippen LogP contribution < -0.4 is 4.74 Å². The van der Waals surface area contributed by atoms with E-state index < -0.39 is 0 Å². The van der Waals surface area contributed by atoms with Crippen LogP contribution in [0.25, 0.3) is 0 Å². The minimum atomic E-state index is -0.290. The highest BCUT2D eigenvalue weighted by molar-refractivity contribution is 5.84. The minimum Gasteiger partial charge on any atom is -0.483 e. The van der Waals surface area contributed by atoms with Crippen molar-refractivity contribution >= 4 is 5.78 Å². The smallest absolute Gasteiger partial charge is 0.173 e. The predicted octanol–water partition coefficient (Wildman–Crippen LogP) is 2.45. The van der Waals surface area contributed by atoms with Gasteiger partial charge >= 0.3 is 0 Å². The van der Waals surface area contributed by atoms with E-state index in [-0.39, 0.29) is 11.9 Å². The number of hydrogen-bond donors (Lipinski definition) is 0. The maximum absolute atomic E-state index is 11.5. The van der Waals surface area contributed by atoms with Crippen molar-refractivity contribution in [3.05, 3.63) is 29.8 Å². The van der Waals surface area contributed by atoms with Crippen molar-refractivity contribution in [3.63, 3.8) is 0 Å². The summed E-state index contributed by atoms with van der Waals surface area (Å²) in [6, 6.07) is 8.91. The maximum Gasteiger partial charge on any atom is 0.173 e. The fraction of sp³-hybridized carbons (Fsp3) is 0.385. The van der Waals surface area contributed by atoms with Gasteiger partial charge in [0.1, 0.15) is 5.75 Å². The Bertz CT molecular complexity index is 417. The second kappa shape index (κ2) is 4.80. The molecule has 0 amide bonds. The Kier molecular flexibility index (Phi) is 3.21. The van der Waals surface area contributed by atoms with E-state index in [0.717, 1.165) is 19.3 Å². The topological polar surface area (TPSA) is 50.1 Å². The Hall–Kier alpha value is -1.82. The molecule has 0 heterocycles. The highest BCUT2D eigenvalue weighted by atomic mass is 16.5. The number of rotatable bonds is 2. The van der Waals surface area contributed by atoms with E-state index >= 15 is 0 Å². The first-order valence-electron chi connectivity index (χ1n) is 5.49. The molecule has 0 saturated heterocycles. The molecule has 1 aliphatic carbocycles. The minimum absolute atomic E-state index is 0.190. The third-order valence-corrected chi connectivity index (χ3v) is 2.76. The second-order valence-corrected chi connectivity index (χ2v) is 3.95. The molecule has 3 nitrogen and oxygen atoms in total. The zero-order valence-electron chi connectivity index (χ0n) is 8.98. The quantitative estimate of drug-likeness (QED) is 0.761. The first-order chi connectivity index (χ1) is 7.79. The van der Waals surface area contributed by atoms with Gasteiger partial charge in [0.15, 0.2) is 11.9 Å². The summed E-state index contributed by atoms with van der Waals surface area (Å²) in [7, 11) is 0. The van der Waals surface area contributed by atoms with E-state index in [1.165, 1.54) is 0 Å². The zero-order valence-corrected chi connectivity index (χ0v) is 8.98. The van der Waals surface area contributed by atoms with Crippen LogP contribution in [0, 0.1) is 11.3 Å². The Balaban J connectivity index is 2.03. The summed E-state index contributed by atoms with van der Waals surface area (Å²) in [6.45, 7) is 0. The zero-order chi connectivity index (χ0) is 11.4. The lowest BCUT2D eigenvalue weighted by Crippen LogP contribution is -2.30. The molecule has 0 N–H and O–H groups in total. The third-order valence-electron chi connectivity index (χ3n) is 2.76. The maximum atomic E-state index is 11.5. The molecule has 1 aliphatic rings. The Morgan fingerprint density at radius 2 is 2.00 bits per heavy atom. The second-order valence-electron chi connectivity index (χ2n) is 3.95. The molecule has 0 bridgehead atoms. The van der Waals surface area contributed by atoms with Crippen molar-refractivity contribution in [1.82, 2.24) is 0 Å². The van der Waals surface area contributed by atoms with E-state index in [9.17, 15) is 4.79 Å². The van der Waals surface area contributed by atoms with Crippen LogP contribution in [-0.4, -0.2) is 11.9 Å². The third kappa shape index (κ3) is 2.40. The molecule has 0 unspecified atom stereocenters. The standard InChI is InChI=1S/C13H13NO2/c14-9-10-5-7-11(8-6-10)16-13-4-2-1-3-12(13)15/h5-8,13H,1-4H2/t13-/m0/s1. The summed E-state index contributed by atoms with van der Waals surface area (Å²) in [5, 5.41) is 8.65. The number of Topliss-reactive ketones (excluding diaryl/α,β-unsaturated/α-hetero) is 1. The molecule has 0 spiro atoms. The molecule has 2 rings (SSSR count). The number of ketones is 1. The molecule has 16 heavy (non-hydrogen) atoms. The molecule has 1 fully saturated rings. The van der Waals surface area contributed by atoms with E-state index in [1.807, 2.05) is 6.07 Å². The Morgan fingerprint density at radius 3 is 2.62 bits per heavy atom. The first-order valence-corrected chi connectivity index (χ1v) is 5.49. The van der Waals surface area contributed by atoms with Crippen molar-refractivity contribution < 1.29 is 9.53 Å². The summed E-state index contributed by atoms with van der Waals surface area (Å²) in [5.74, 6) is 0.856. The number of carbonyl (C=O) groups is 1. The van der Waals surface area contributed by atoms with Gasteiger partial charge in [0.2, 0.25) is 0 Å². The van der Waals surface area contributed by atoms with Gasteiger partial charge in [0.05, 0.1) is 11.6 Å². The van der Waals surface area contributed by atoms with Gasteiger partial charge in [-0.1, -0.05) is 0 Å². The van der Waals surface area contributed by atoms with Gasteiger partial charge in [-0.15, -0.1) is 0 Å². The Labute approximate surface area is 94.6 Å². The van der Waals surface area contributed by atoms with E-state index in [1.54, 1.807) is 24.3 Å². The van der Waals surface area contributed by atoms with Gasteiger partial charge < -0.3 is 4.74 Å². The largest absolute Gasteiger partial charge is 0.483 e. The van der Waals surface area contributed by atoms with Gasteiger partial charge in [0, 0.05) is 6.42 Å². The highest BCUT2D eigenvalue weighted by Gasteiger charge is 2.23. The summed E-state index contributed by atoms with van der Waals surface area (Å²) < 4.78 is 5.61. The summed E-state index contributed by atoms with van der Waals surface area (Å²) in [6.07, 6.45) is 3.17. The van der Waals surface area contributed by atoms with Crippen LogP contribution in [0.5, 0.6) is 5.75 Å². The van der Waals surface area contributed by atoms with Crippen LogP contribution in [-0.2, 0) is 4.79 Å². The molecule has 3 heteroatoms. The summed E-state index contributed by atoms with van der Waals surface area (Å²) in [4.78, 5) is 11.5. The molecule has 82 valence electrons. The van der Waals surface area contributed by atoms with Gasteiger partial charge in [-0.2, -0.15) is 5.26 Å². The van der Waals surface area contributed by atoms with Crippen LogP contribution in [0.4, 0.5) is 0 Å². The number of hydrogen-bond acceptors (Lipinski definition) is 3. The lowest BCUT2D eigenvalue weighted by atomic mass is 9.96. The summed E-state index contributed by atoms with van der Waals surface area (Å²) in [5.41, 5.74) is 0.599. The SMILES string of the molecule is N#Cc1ccc(O[C@H]2CCCCC2=O)cc1. The first kappa shape index (κ1) is 10.7. The van der Waals surface area contributed by atoms with E-state index in [4.69, 9.17) is 10.00 Å². The molecule has 1 saturated carbocycles. The van der Waals surface area contributed by atoms with Crippen molar-refractivity contribution in [3.8, 4) is 11.8 Å². The van der Waals surface area contributed by atoms with Crippen LogP contribution in [0.2, 0.25) is 0 Å². The van der Waals surface area contributed by atoms with Crippen LogP contribution >= 0.6 is 0 Å². The normalized spacial score (nSPS) is 20.2. The monoisotopic (exact) mass is 215 g/mol. The number of ether oxygens (including phenoxy) is 1. The number of benzene rings is 1. The van der Waals surface area contributed by atoms with Gasteiger partial charge in [0.25, 0.3) is 0 Å². The van der Waals surface area contributed by atoms with Crippen molar-refractivity contribution in [2.75, 3.05) is 0 Å². The average Bonchev–Trinajstić information content (AvgIpc) is 2.33. The molecular formula is C13H13NO2. The van der Waals surface area contributed by atoms with Gasteiger partial charge in [-0.25, -0.2) is 0 Å². The number of nitrogens with zero attached hydrogens (tertiary/aromatic N) is 1. The molecule has 1 atom stereocenters. The number of carbonyl (C=O) groups excluding carboxylic acids is 1. The van der Waals surface area contributed by atoms with Crippen molar-refractivity contribution in [2.45, 2.75) is 31.8 Å². The lowest BCUT2D eigenvalue weighted by Gasteiger charge is -2.21. The molecule has 1 aromatic rings. The molecule has 1 aromatic carbocycles. The lowest BCUT2D eigenvalue weighted by molar-refractivity contribution is -0.127. The molecular weight excluding hydrogens is 202 g/mol. The summed E-state index contributed by atoms with van der Waals surface area (Å²) >= 11 is 0. The van der Waals surface area contributed by atoms with Crippen LogP contribution in [0.1, 0.15) is 31.2 Å². The van der Waals surface area contributed by atoms with Crippen molar-refractivity contribution in [1.29, 1.82) is 5.26 Å². The predicted molar refractivity (Wildman–Crippen MR) is 59.0 cm³/mol. The molecule has 0 aliphatic heterocycles.